The zero-order valence-electron chi connectivity index (χ0n) is 29.3. The van der Waals surface area contributed by atoms with E-state index in [-0.39, 0.29) is 23.4 Å². The number of benzene rings is 2. The van der Waals surface area contributed by atoms with Gasteiger partial charge in [0.15, 0.2) is 0 Å². The minimum Gasteiger partial charge on any atom is -0.444 e. The molecule has 2 aliphatic rings. The second kappa shape index (κ2) is 13.1. The van der Waals surface area contributed by atoms with Gasteiger partial charge in [0.1, 0.15) is 17.0 Å². The van der Waals surface area contributed by atoms with E-state index in [0.717, 1.165) is 45.9 Å². The predicted octanol–water partition coefficient (Wildman–Crippen LogP) is 6.90. The molecule has 4 aromatic rings. The van der Waals surface area contributed by atoms with Crippen molar-refractivity contribution in [1.29, 1.82) is 0 Å². The van der Waals surface area contributed by atoms with E-state index in [4.69, 9.17) is 14.6 Å². The third-order valence-electron chi connectivity index (χ3n) is 8.88. The lowest BCUT2D eigenvalue weighted by molar-refractivity contribution is 0.0169. The zero-order valence-corrected chi connectivity index (χ0v) is 29.3. The van der Waals surface area contributed by atoms with Crippen LogP contribution >= 0.6 is 0 Å². The maximum absolute atomic E-state index is 15.3. The van der Waals surface area contributed by atoms with Gasteiger partial charge in [-0.05, 0) is 102 Å². The summed E-state index contributed by atoms with van der Waals surface area (Å²) in [4.78, 5) is 30.1. The number of nitrogens with zero attached hydrogens (tertiary/aromatic N) is 6. The summed E-state index contributed by atoms with van der Waals surface area (Å²) < 4.78 is 44.9. The van der Waals surface area contributed by atoms with Crippen molar-refractivity contribution >= 4 is 34.3 Å². The van der Waals surface area contributed by atoms with E-state index in [1.54, 1.807) is 31.7 Å². The minimum absolute atomic E-state index is 0.0539. The Morgan fingerprint density at radius 2 is 1.71 bits per heavy atom. The molecule has 0 bridgehead atoms. The summed E-state index contributed by atoms with van der Waals surface area (Å²) in [6.45, 7) is 16.3. The summed E-state index contributed by atoms with van der Waals surface area (Å²) >= 11 is 0. The molecule has 6 rings (SSSR count). The summed E-state index contributed by atoms with van der Waals surface area (Å²) in [5, 5.41) is 12.3. The van der Waals surface area contributed by atoms with Crippen molar-refractivity contribution in [2.45, 2.75) is 78.5 Å². The molecule has 4 heterocycles. The number of ether oxygens (including phenoxy) is 2. The number of hydrogen-bond donors (Lipinski definition) is 1. The molecule has 2 amide bonds. The fourth-order valence-electron chi connectivity index (χ4n) is 6.52. The summed E-state index contributed by atoms with van der Waals surface area (Å²) in [5.41, 5.74) is 2.48. The highest BCUT2D eigenvalue weighted by Gasteiger charge is 2.31. The first-order valence-electron chi connectivity index (χ1n) is 16.8. The number of aromatic nitrogens is 4. The number of rotatable bonds is 5. The summed E-state index contributed by atoms with van der Waals surface area (Å²) in [5.74, 6) is -2.21. The zero-order chi connectivity index (χ0) is 35.2. The monoisotopic (exact) mass is 677 g/mol. The van der Waals surface area contributed by atoms with Gasteiger partial charge in [-0.25, -0.2) is 13.9 Å². The molecule has 0 unspecified atom stereocenters. The van der Waals surface area contributed by atoms with Crippen molar-refractivity contribution in [3.05, 3.63) is 59.6 Å². The SMILES string of the molecule is Cc1cc(F)c(NC(=O)c2cnn(C(C)(C)C)c2F)cc1-c1cc(N2CCOCC2)c2c(cnn2[C@H]2CCCN(C(=O)OC(C)(C)C)C2)c1. The van der Waals surface area contributed by atoms with Gasteiger partial charge in [0.2, 0.25) is 5.95 Å². The number of piperidine rings is 1. The average Bonchev–Trinajstić information content (AvgIpc) is 3.65. The van der Waals surface area contributed by atoms with Crippen LogP contribution in [0.4, 0.5) is 25.0 Å². The molecular weight excluding hydrogens is 632 g/mol. The number of anilines is 2. The molecule has 49 heavy (non-hydrogen) atoms. The summed E-state index contributed by atoms with van der Waals surface area (Å²) in [6, 6.07) is 6.98. The molecule has 2 aliphatic heterocycles. The third-order valence-corrected chi connectivity index (χ3v) is 8.88. The van der Waals surface area contributed by atoms with E-state index in [9.17, 15) is 9.59 Å². The van der Waals surface area contributed by atoms with Gasteiger partial charge in [0, 0.05) is 31.6 Å². The van der Waals surface area contributed by atoms with Crippen molar-refractivity contribution in [3.63, 3.8) is 0 Å². The number of likely N-dealkylation sites (tertiary alicyclic amines) is 1. The fraction of sp³-hybridized carbons (Fsp3) is 0.500. The number of aryl methyl sites for hydroxylation is 1. The minimum atomic E-state index is -0.791. The molecule has 0 aliphatic carbocycles. The summed E-state index contributed by atoms with van der Waals surface area (Å²) in [6.07, 6.45) is 4.33. The number of nitrogens with one attached hydrogen (secondary N) is 1. The highest BCUT2D eigenvalue weighted by atomic mass is 19.1. The molecule has 11 nitrogen and oxygen atoms in total. The Hall–Kier alpha value is -4.52. The maximum Gasteiger partial charge on any atom is 0.410 e. The van der Waals surface area contributed by atoms with E-state index < -0.39 is 28.8 Å². The van der Waals surface area contributed by atoms with Crippen LogP contribution in [0.15, 0.2) is 36.7 Å². The summed E-state index contributed by atoms with van der Waals surface area (Å²) in [7, 11) is 0. The first kappa shape index (κ1) is 34.3. The first-order chi connectivity index (χ1) is 23.1. The van der Waals surface area contributed by atoms with E-state index in [1.165, 1.54) is 6.07 Å². The smallest absolute Gasteiger partial charge is 0.410 e. The van der Waals surface area contributed by atoms with Crippen LogP contribution in [-0.2, 0) is 15.0 Å². The van der Waals surface area contributed by atoms with Crippen LogP contribution in [0.5, 0.6) is 0 Å². The van der Waals surface area contributed by atoms with Crippen molar-refractivity contribution < 1.29 is 27.8 Å². The largest absolute Gasteiger partial charge is 0.444 e. The Kier molecular flexibility index (Phi) is 9.16. The van der Waals surface area contributed by atoms with Crippen LogP contribution in [0, 0.1) is 18.7 Å². The van der Waals surface area contributed by atoms with Crippen molar-refractivity contribution in [2.24, 2.45) is 0 Å². The van der Waals surface area contributed by atoms with E-state index >= 15 is 8.78 Å². The number of fused-ring (bicyclic) bond motifs is 1. The molecular formula is C36H45F2N7O4. The van der Waals surface area contributed by atoms with Crippen LogP contribution in [0.1, 0.15) is 76.3 Å². The normalized spacial score (nSPS) is 17.4. The molecule has 1 atom stereocenters. The second-order valence-electron chi connectivity index (χ2n) is 14.9. The lowest BCUT2D eigenvalue weighted by atomic mass is 9.97. The van der Waals surface area contributed by atoms with E-state index in [0.29, 0.717) is 50.5 Å². The number of hydrogen-bond acceptors (Lipinski definition) is 7. The number of carbonyl (C=O) groups is 2. The van der Waals surface area contributed by atoms with E-state index in [2.05, 4.69) is 21.4 Å². The molecule has 2 saturated heterocycles. The van der Waals surface area contributed by atoms with Crippen LogP contribution < -0.4 is 10.2 Å². The Bertz CT molecular complexity index is 1880. The maximum atomic E-state index is 15.3. The van der Waals surface area contributed by atoms with E-state index in [1.807, 2.05) is 44.6 Å². The molecule has 2 fully saturated rings. The Labute approximate surface area is 285 Å². The van der Waals surface area contributed by atoms with Crippen molar-refractivity contribution in [1.82, 2.24) is 24.5 Å². The molecule has 0 radical (unpaired) electrons. The quantitative estimate of drug-likeness (QED) is 0.245. The third kappa shape index (κ3) is 7.12. The molecule has 0 spiro atoms. The molecule has 0 saturated carbocycles. The molecule has 13 heteroatoms. The number of amides is 2. The standard InChI is InChI=1S/C36H45F2N7O4/c1-22-15-28(37)29(41-33(46)27-20-40-45(32(27)38)35(2,3)4)18-26(22)23-16-24-19-39-44(31(24)30(17-23)42-11-13-48-14-12-42)25-9-8-10-43(21-25)34(47)49-36(5,6)7/h15-20,25H,8-14,21H2,1-7H3,(H,41,46)/t25-/m0/s1. The van der Waals surface area contributed by atoms with Gasteiger partial charge in [0.05, 0.1) is 54.1 Å². The van der Waals surface area contributed by atoms with Crippen LogP contribution in [-0.4, -0.2) is 81.5 Å². The lowest BCUT2D eigenvalue weighted by Crippen LogP contribution is -2.43. The fourth-order valence-corrected chi connectivity index (χ4v) is 6.52. The van der Waals surface area contributed by atoms with Gasteiger partial charge in [-0.2, -0.15) is 14.6 Å². The van der Waals surface area contributed by atoms with Gasteiger partial charge in [-0.1, -0.05) is 0 Å². The van der Waals surface area contributed by atoms with Crippen LogP contribution in [0.3, 0.4) is 0 Å². The van der Waals surface area contributed by atoms with Gasteiger partial charge in [-0.3, -0.25) is 9.48 Å². The van der Waals surface area contributed by atoms with Crippen LogP contribution in [0.2, 0.25) is 0 Å². The van der Waals surface area contributed by atoms with Crippen LogP contribution in [0.25, 0.3) is 22.0 Å². The highest BCUT2D eigenvalue weighted by molar-refractivity contribution is 6.05. The Morgan fingerprint density at radius 1 is 0.980 bits per heavy atom. The topological polar surface area (TPSA) is 107 Å². The number of carbonyl (C=O) groups excluding carboxylic acids is 2. The van der Waals surface area contributed by atoms with Gasteiger partial charge < -0.3 is 24.6 Å². The van der Waals surface area contributed by atoms with Crippen molar-refractivity contribution in [3.8, 4) is 11.1 Å². The Morgan fingerprint density at radius 3 is 2.39 bits per heavy atom. The highest BCUT2D eigenvalue weighted by Crippen LogP contribution is 2.39. The molecule has 1 N–H and O–H groups in total. The predicted molar refractivity (Wildman–Crippen MR) is 184 cm³/mol. The molecule has 2 aromatic carbocycles. The molecule has 2 aromatic heterocycles. The number of morpholine rings is 1. The van der Waals surface area contributed by atoms with Gasteiger partial charge in [0.25, 0.3) is 5.91 Å². The second-order valence-corrected chi connectivity index (χ2v) is 14.9. The van der Waals surface area contributed by atoms with Crippen molar-refractivity contribution in [2.75, 3.05) is 49.6 Å². The van der Waals surface area contributed by atoms with Gasteiger partial charge >= 0.3 is 6.09 Å². The first-order valence-corrected chi connectivity index (χ1v) is 16.8. The van der Waals surface area contributed by atoms with Gasteiger partial charge in [-0.15, -0.1) is 0 Å². The lowest BCUT2D eigenvalue weighted by Gasteiger charge is -2.35. The average molecular weight is 678 g/mol. The molecule has 262 valence electrons. The Balaban J connectivity index is 1.37. The number of halogens is 2.